The van der Waals surface area contributed by atoms with Crippen LogP contribution in [0.1, 0.15) is 28.8 Å². The first-order valence-corrected chi connectivity index (χ1v) is 6.97. The first-order valence-electron chi connectivity index (χ1n) is 6.97. The molecule has 0 aliphatic carbocycles. The third-order valence-electron chi connectivity index (χ3n) is 3.30. The molecule has 0 aliphatic rings. The van der Waals surface area contributed by atoms with E-state index in [9.17, 15) is 4.79 Å². The van der Waals surface area contributed by atoms with Crippen LogP contribution in [-0.2, 0) is 6.42 Å². The fourth-order valence-corrected chi connectivity index (χ4v) is 2.13. The minimum Gasteiger partial charge on any atom is -0.342 e. The second kappa shape index (κ2) is 7.43. The Morgan fingerprint density at radius 2 is 1.90 bits per heavy atom. The molecule has 0 bridgehead atoms. The van der Waals surface area contributed by atoms with Gasteiger partial charge in [-0.2, -0.15) is 0 Å². The Morgan fingerprint density at radius 1 is 1.10 bits per heavy atom. The number of aryl methyl sites for hydroxylation is 1. The Labute approximate surface area is 120 Å². The predicted octanol–water partition coefficient (Wildman–Crippen LogP) is 3.18. The number of unbranched alkanes of at least 4 members (excludes halogenated alkanes) is 1. The van der Waals surface area contributed by atoms with E-state index in [4.69, 9.17) is 0 Å². The van der Waals surface area contributed by atoms with E-state index in [0.29, 0.717) is 0 Å². The normalized spacial score (nSPS) is 10.2. The van der Waals surface area contributed by atoms with Crippen molar-refractivity contribution in [3.8, 4) is 0 Å². The van der Waals surface area contributed by atoms with Crippen molar-refractivity contribution in [1.29, 1.82) is 0 Å². The van der Waals surface area contributed by atoms with Gasteiger partial charge in [-0.3, -0.25) is 9.78 Å². The van der Waals surface area contributed by atoms with Gasteiger partial charge in [-0.05, 0) is 43.0 Å². The number of carbonyl (C=O) groups is 1. The lowest BCUT2D eigenvalue weighted by Crippen LogP contribution is -2.27. The maximum absolute atomic E-state index is 12.1. The lowest BCUT2D eigenvalue weighted by Gasteiger charge is -2.17. The first kappa shape index (κ1) is 14.3. The van der Waals surface area contributed by atoms with Gasteiger partial charge in [0.15, 0.2) is 0 Å². The molecule has 1 amide bonds. The number of carbonyl (C=O) groups excluding carboxylic acids is 1. The summed E-state index contributed by atoms with van der Waals surface area (Å²) in [6.45, 7) is 0.786. The standard InChI is InChI=1S/C17H20N2O/c1-19(17(20)16-10-3-2-4-11-16)13-6-5-8-15-9-7-12-18-14-15/h2-4,7,9-12,14H,5-6,8,13H2,1H3. The zero-order valence-electron chi connectivity index (χ0n) is 11.8. The van der Waals surface area contributed by atoms with Crippen molar-refractivity contribution in [2.24, 2.45) is 0 Å². The molecule has 2 aromatic rings. The Hall–Kier alpha value is -2.16. The summed E-state index contributed by atoms with van der Waals surface area (Å²) in [5.74, 6) is 0.0898. The summed E-state index contributed by atoms with van der Waals surface area (Å²) in [6.07, 6.45) is 6.78. The molecule has 3 heteroatoms. The highest BCUT2D eigenvalue weighted by atomic mass is 16.2. The molecule has 0 radical (unpaired) electrons. The number of amides is 1. The van der Waals surface area contributed by atoms with Crippen molar-refractivity contribution in [2.75, 3.05) is 13.6 Å². The van der Waals surface area contributed by atoms with Crippen molar-refractivity contribution < 1.29 is 4.79 Å². The molecule has 0 aliphatic heterocycles. The van der Waals surface area contributed by atoms with E-state index < -0.39 is 0 Å². The van der Waals surface area contributed by atoms with Gasteiger partial charge in [0.2, 0.25) is 0 Å². The molecule has 0 saturated carbocycles. The summed E-state index contributed by atoms with van der Waals surface area (Å²) in [6, 6.07) is 13.5. The summed E-state index contributed by atoms with van der Waals surface area (Å²) >= 11 is 0. The summed E-state index contributed by atoms with van der Waals surface area (Å²) in [5.41, 5.74) is 2.01. The second-order valence-electron chi connectivity index (χ2n) is 4.91. The molecule has 0 unspecified atom stereocenters. The lowest BCUT2D eigenvalue weighted by atomic mass is 10.1. The lowest BCUT2D eigenvalue weighted by molar-refractivity contribution is 0.0793. The fraction of sp³-hybridized carbons (Fsp3) is 0.294. The Bertz CT molecular complexity index is 525. The molecule has 3 nitrogen and oxygen atoms in total. The average molecular weight is 268 g/mol. The molecule has 1 aromatic carbocycles. The molecule has 0 atom stereocenters. The number of benzene rings is 1. The van der Waals surface area contributed by atoms with Crippen molar-refractivity contribution in [1.82, 2.24) is 9.88 Å². The number of aromatic nitrogens is 1. The predicted molar refractivity (Wildman–Crippen MR) is 80.6 cm³/mol. The van der Waals surface area contributed by atoms with Crippen molar-refractivity contribution in [3.63, 3.8) is 0 Å². The topological polar surface area (TPSA) is 33.2 Å². The van der Waals surface area contributed by atoms with Gasteiger partial charge in [-0.1, -0.05) is 24.3 Å². The molecule has 2 rings (SSSR count). The third-order valence-corrected chi connectivity index (χ3v) is 3.30. The molecule has 104 valence electrons. The maximum atomic E-state index is 12.1. The molecule has 0 spiro atoms. The largest absolute Gasteiger partial charge is 0.342 e. The van der Waals surface area contributed by atoms with Crippen molar-refractivity contribution >= 4 is 5.91 Å². The highest BCUT2D eigenvalue weighted by Crippen LogP contribution is 2.06. The van der Waals surface area contributed by atoms with Gasteiger partial charge < -0.3 is 4.90 Å². The average Bonchev–Trinajstić information content (AvgIpc) is 2.52. The van der Waals surface area contributed by atoms with Gasteiger partial charge in [-0.15, -0.1) is 0 Å². The fourth-order valence-electron chi connectivity index (χ4n) is 2.13. The van der Waals surface area contributed by atoms with E-state index in [1.807, 2.05) is 49.6 Å². The first-order chi connectivity index (χ1) is 9.77. The summed E-state index contributed by atoms with van der Waals surface area (Å²) in [7, 11) is 1.86. The van der Waals surface area contributed by atoms with Crippen LogP contribution in [0.25, 0.3) is 0 Å². The van der Waals surface area contributed by atoms with Crippen LogP contribution in [0.5, 0.6) is 0 Å². The van der Waals surface area contributed by atoms with Gasteiger partial charge in [0.25, 0.3) is 5.91 Å². The molecule has 0 N–H and O–H groups in total. The molecule has 0 saturated heterocycles. The monoisotopic (exact) mass is 268 g/mol. The molecular formula is C17H20N2O. The number of hydrogen-bond donors (Lipinski definition) is 0. The van der Waals surface area contributed by atoms with E-state index >= 15 is 0 Å². The van der Waals surface area contributed by atoms with Crippen LogP contribution in [0.15, 0.2) is 54.9 Å². The smallest absolute Gasteiger partial charge is 0.253 e. The van der Waals surface area contributed by atoms with E-state index in [1.54, 1.807) is 11.1 Å². The van der Waals surface area contributed by atoms with E-state index in [1.165, 1.54) is 5.56 Å². The van der Waals surface area contributed by atoms with E-state index in [0.717, 1.165) is 31.4 Å². The minimum absolute atomic E-state index is 0.0898. The summed E-state index contributed by atoms with van der Waals surface area (Å²) in [4.78, 5) is 18.0. The Kier molecular flexibility index (Phi) is 5.30. The maximum Gasteiger partial charge on any atom is 0.253 e. The van der Waals surface area contributed by atoms with Gasteiger partial charge in [0, 0.05) is 31.5 Å². The van der Waals surface area contributed by atoms with Crippen LogP contribution in [0.2, 0.25) is 0 Å². The second-order valence-corrected chi connectivity index (χ2v) is 4.91. The Morgan fingerprint density at radius 3 is 2.60 bits per heavy atom. The molecule has 1 heterocycles. The van der Waals surface area contributed by atoms with Crippen LogP contribution < -0.4 is 0 Å². The van der Waals surface area contributed by atoms with Gasteiger partial charge in [0.05, 0.1) is 0 Å². The molecule has 20 heavy (non-hydrogen) atoms. The summed E-state index contributed by atoms with van der Waals surface area (Å²) < 4.78 is 0. The molecule has 1 aromatic heterocycles. The molecular weight excluding hydrogens is 248 g/mol. The van der Waals surface area contributed by atoms with Gasteiger partial charge >= 0.3 is 0 Å². The van der Waals surface area contributed by atoms with Crippen LogP contribution in [-0.4, -0.2) is 29.4 Å². The molecule has 0 fully saturated rings. The minimum atomic E-state index is 0.0898. The Balaban J connectivity index is 1.73. The van der Waals surface area contributed by atoms with Crippen LogP contribution in [0, 0.1) is 0 Å². The van der Waals surface area contributed by atoms with Crippen LogP contribution in [0.4, 0.5) is 0 Å². The number of pyridine rings is 1. The SMILES string of the molecule is CN(CCCCc1cccnc1)C(=O)c1ccccc1. The number of nitrogens with zero attached hydrogens (tertiary/aromatic N) is 2. The quantitative estimate of drug-likeness (QED) is 0.754. The highest BCUT2D eigenvalue weighted by Gasteiger charge is 2.10. The van der Waals surface area contributed by atoms with Gasteiger partial charge in [0.1, 0.15) is 0 Å². The van der Waals surface area contributed by atoms with Crippen LogP contribution in [0.3, 0.4) is 0 Å². The number of rotatable bonds is 6. The van der Waals surface area contributed by atoms with E-state index in [2.05, 4.69) is 11.1 Å². The zero-order valence-corrected chi connectivity index (χ0v) is 11.8. The summed E-state index contributed by atoms with van der Waals surface area (Å²) in [5, 5.41) is 0. The third kappa shape index (κ3) is 4.19. The van der Waals surface area contributed by atoms with Gasteiger partial charge in [-0.25, -0.2) is 0 Å². The van der Waals surface area contributed by atoms with E-state index in [-0.39, 0.29) is 5.91 Å². The van der Waals surface area contributed by atoms with Crippen molar-refractivity contribution in [3.05, 3.63) is 66.0 Å². The van der Waals surface area contributed by atoms with Crippen molar-refractivity contribution in [2.45, 2.75) is 19.3 Å². The van der Waals surface area contributed by atoms with Crippen LogP contribution >= 0.6 is 0 Å². The zero-order chi connectivity index (χ0) is 14.2. The highest BCUT2D eigenvalue weighted by molar-refractivity contribution is 5.93. The number of hydrogen-bond acceptors (Lipinski definition) is 2.